The first-order valence-corrected chi connectivity index (χ1v) is 8.52. The van der Waals surface area contributed by atoms with Crippen molar-refractivity contribution in [2.24, 2.45) is 0 Å². The molecule has 3 N–H and O–H groups in total. The Kier molecular flexibility index (Phi) is 3.46. The maximum Gasteiger partial charge on any atom is 0.243 e. The summed E-state index contributed by atoms with van der Waals surface area (Å²) in [4.78, 5) is -0.101. The van der Waals surface area contributed by atoms with Crippen LogP contribution in [0.2, 0.25) is 0 Å². The molecule has 2 saturated heterocycles. The van der Waals surface area contributed by atoms with Gasteiger partial charge in [0.25, 0.3) is 0 Å². The van der Waals surface area contributed by atoms with Crippen LogP contribution in [0, 0.1) is 12.7 Å². The number of nitrogens with zero attached hydrogens (tertiary/aromatic N) is 1. The highest BCUT2D eigenvalue weighted by Gasteiger charge is 2.47. The number of hydrogen-bond donors (Lipinski definition) is 2. The Morgan fingerprint density at radius 2 is 1.86 bits per heavy atom. The zero-order valence-electron chi connectivity index (χ0n) is 11.8. The van der Waals surface area contributed by atoms with Crippen molar-refractivity contribution in [2.75, 3.05) is 5.73 Å². The highest BCUT2D eigenvalue weighted by molar-refractivity contribution is 7.89. The average molecular weight is 314 g/mol. The SMILES string of the molecule is Cc1c(N)cc(S(=O)(=O)N2C3CCC2CC(O)C3)cc1F. The fourth-order valence-electron chi connectivity index (χ4n) is 3.44. The smallest absolute Gasteiger partial charge is 0.243 e. The third-order valence-corrected chi connectivity index (χ3v) is 6.56. The number of nitrogens with two attached hydrogens (primary N) is 1. The van der Waals surface area contributed by atoms with Gasteiger partial charge in [0.15, 0.2) is 0 Å². The molecule has 0 spiro atoms. The van der Waals surface area contributed by atoms with E-state index in [0.29, 0.717) is 12.8 Å². The van der Waals surface area contributed by atoms with E-state index >= 15 is 0 Å². The van der Waals surface area contributed by atoms with E-state index in [0.717, 1.165) is 18.9 Å². The molecule has 2 atom stereocenters. The normalized spacial score (nSPS) is 29.8. The maximum absolute atomic E-state index is 13.8. The fraction of sp³-hybridized carbons (Fsp3) is 0.571. The van der Waals surface area contributed by atoms with E-state index in [-0.39, 0.29) is 28.2 Å². The van der Waals surface area contributed by atoms with Crippen molar-refractivity contribution in [2.45, 2.75) is 55.7 Å². The molecule has 2 bridgehead atoms. The van der Waals surface area contributed by atoms with Crippen LogP contribution in [0.1, 0.15) is 31.2 Å². The van der Waals surface area contributed by atoms with Crippen LogP contribution in [0.4, 0.5) is 10.1 Å². The Morgan fingerprint density at radius 1 is 1.29 bits per heavy atom. The van der Waals surface area contributed by atoms with Gasteiger partial charge in [-0.25, -0.2) is 12.8 Å². The Balaban J connectivity index is 2.02. The number of piperidine rings is 1. The minimum Gasteiger partial charge on any atom is -0.398 e. The molecule has 21 heavy (non-hydrogen) atoms. The Bertz CT molecular complexity index is 640. The van der Waals surface area contributed by atoms with Crippen molar-refractivity contribution in [1.82, 2.24) is 4.31 Å². The molecule has 2 aliphatic heterocycles. The predicted molar refractivity (Wildman–Crippen MR) is 76.6 cm³/mol. The number of nitrogen functional groups attached to an aromatic ring is 1. The van der Waals surface area contributed by atoms with Crippen LogP contribution in [-0.2, 0) is 10.0 Å². The summed E-state index contributed by atoms with van der Waals surface area (Å²) in [6, 6.07) is 1.95. The Labute approximate surface area is 123 Å². The van der Waals surface area contributed by atoms with Crippen LogP contribution in [-0.4, -0.2) is 36.0 Å². The minimum absolute atomic E-state index is 0.101. The zero-order valence-corrected chi connectivity index (χ0v) is 12.6. The summed E-state index contributed by atoms with van der Waals surface area (Å²) in [7, 11) is -3.78. The van der Waals surface area contributed by atoms with Crippen LogP contribution in [0.5, 0.6) is 0 Å². The number of hydrogen-bond acceptors (Lipinski definition) is 4. The van der Waals surface area contributed by atoms with Gasteiger partial charge in [-0.1, -0.05) is 0 Å². The molecule has 0 amide bonds. The van der Waals surface area contributed by atoms with Crippen LogP contribution >= 0.6 is 0 Å². The van der Waals surface area contributed by atoms with Gasteiger partial charge in [0, 0.05) is 23.3 Å². The number of fused-ring (bicyclic) bond motifs is 2. The predicted octanol–water partition coefficient (Wildman–Crippen LogP) is 1.39. The summed E-state index contributed by atoms with van der Waals surface area (Å²) in [6.45, 7) is 1.52. The van der Waals surface area contributed by atoms with Gasteiger partial charge in [0.1, 0.15) is 5.82 Å². The second kappa shape index (κ2) is 4.93. The third-order valence-electron chi connectivity index (χ3n) is 4.57. The fourth-order valence-corrected chi connectivity index (χ4v) is 5.38. The molecule has 3 rings (SSSR count). The Morgan fingerprint density at radius 3 is 2.38 bits per heavy atom. The lowest BCUT2D eigenvalue weighted by atomic mass is 10.0. The number of aliphatic hydroxyl groups excluding tert-OH is 1. The second-order valence-electron chi connectivity index (χ2n) is 5.96. The summed E-state index contributed by atoms with van der Waals surface area (Å²) in [5.74, 6) is -0.613. The number of benzene rings is 1. The molecule has 5 nitrogen and oxygen atoms in total. The summed E-state index contributed by atoms with van der Waals surface area (Å²) in [5, 5.41) is 9.77. The molecule has 0 aliphatic carbocycles. The molecule has 116 valence electrons. The van der Waals surface area contributed by atoms with E-state index in [1.54, 1.807) is 0 Å². The molecule has 2 aliphatic rings. The standard InChI is InChI=1S/C14H19FN2O3S/c1-8-13(15)6-12(7-14(8)16)21(19,20)17-9-2-3-10(17)5-11(18)4-9/h6-7,9-11,18H,2-5,16H2,1H3. The molecule has 2 heterocycles. The maximum atomic E-state index is 13.8. The molecule has 2 unspecified atom stereocenters. The largest absolute Gasteiger partial charge is 0.398 e. The number of anilines is 1. The number of sulfonamides is 1. The second-order valence-corrected chi connectivity index (χ2v) is 7.81. The number of rotatable bonds is 2. The van der Waals surface area contributed by atoms with Crippen molar-refractivity contribution >= 4 is 15.7 Å². The molecule has 2 fully saturated rings. The number of halogens is 1. The van der Waals surface area contributed by atoms with Crippen LogP contribution in [0.25, 0.3) is 0 Å². The lowest BCUT2D eigenvalue weighted by Gasteiger charge is -2.36. The monoisotopic (exact) mass is 314 g/mol. The van der Waals surface area contributed by atoms with Crippen LogP contribution in [0.15, 0.2) is 17.0 Å². The van der Waals surface area contributed by atoms with Crippen molar-refractivity contribution in [3.63, 3.8) is 0 Å². The first kappa shape index (κ1) is 14.7. The van der Waals surface area contributed by atoms with Crippen molar-refractivity contribution in [3.8, 4) is 0 Å². The van der Waals surface area contributed by atoms with Crippen molar-refractivity contribution < 1.29 is 17.9 Å². The highest BCUT2D eigenvalue weighted by Crippen LogP contribution is 2.40. The highest BCUT2D eigenvalue weighted by atomic mass is 32.2. The van der Waals surface area contributed by atoms with E-state index < -0.39 is 21.9 Å². The lowest BCUT2D eigenvalue weighted by Crippen LogP contribution is -2.47. The summed E-state index contributed by atoms with van der Waals surface area (Å²) < 4.78 is 40.8. The summed E-state index contributed by atoms with van der Waals surface area (Å²) in [6.07, 6.45) is 1.92. The van der Waals surface area contributed by atoms with Crippen LogP contribution < -0.4 is 5.73 Å². The van der Waals surface area contributed by atoms with Gasteiger partial charge in [-0.2, -0.15) is 4.31 Å². The van der Waals surface area contributed by atoms with Gasteiger partial charge in [0.05, 0.1) is 11.0 Å². The molecule has 0 radical (unpaired) electrons. The molecule has 1 aromatic rings. The zero-order chi connectivity index (χ0) is 15.4. The van der Waals surface area contributed by atoms with Gasteiger partial charge in [-0.05, 0) is 44.7 Å². The van der Waals surface area contributed by atoms with E-state index in [1.165, 1.54) is 17.3 Å². The number of aliphatic hydroxyl groups is 1. The van der Waals surface area contributed by atoms with Gasteiger partial charge in [-0.3, -0.25) is 0 Å². The van der Waals surface area contributed by atoms with E-state index in [9.17, 15) is 17.9 Å². The van der Waals surface area contributed by atoms with Gasteiger partial charge >= 0.3 is 0 Å². The van der Waals surface area contributed by atoms with Gasteiger partial charge < -0.3 is 10.8 Å². The quantitative estimate of drug-likeness (QED) is 0.808. The first-order chi connectivity index (χ1) is 9.80. The third kappa shape index (κ3) is 2.33. The molecule has 0 aromatic heterocycles. The van der Waals surface area contributed by atoms with E-state index in [2.05, 4.69) is 0 Å². The topological polar surface area (TPSA) is 83.6 Å². The lowest BCUT2D eigenvalue weighted by molar-refractivity contribution is 0.0768. The molecular formula is C14H19FN2O3S. The molecule has 7 heteroatoms. The van der Waals surface area contributed by atoms with Crippen LogP contribution in [0.3, 0.4) is 0 Å². The van der Waals surface area contributed by atoms with Gasteiger partial charge in [-0.15, -0.1) is 0 Å². The Hall–Kier alpha value is -1.18. The average Bonchev–Trinajstić information content (AvgIpc) is 2.69. The van der Waals surface area contributed by atoms with Gasteiger partial charge in [0.2, 0.25) is 10.0 Å². The van der Waals surface area contributed by atoms with E-state index in [1.807, 2.05) is 0 Å². The summed E-state index contributed by atoms with van der Waals surface area (Å²) in [5.41, 5.74) is 6.08. The molecule has 0 saturated carbocycles. The van der Waals surface area contributed by atoms with Crippen molar-refractivity contribution in [3.05, 3.63) is 23.5 Å². The van der Waals surface area contributed by atoms with E-state index in [4.69, 9.17) is 5.73 Å². The first-order valence-electron chi connectivity index (χ1n) is 7.08. The minimum atomic E-state index is -3.78. The summed E-state index contributed by atoms with van der Waals surface area (Å²) >= 11 is 0. The molecular weight excluding hydrogens is 295 g/mol. The van der Waals surface area contributed by atoms with Crippen molar-refractivity contribution in [1.29, 1.82) is 0 Å². The molecule has 1 aromatic carbocycles.